The number of ether oxygens (including phenoxy) is 1. The zero-order chi connectivity index (χ0) is 16.1. The van der Waals surface area contributed by atoms with Crippen molar-refractivity contribution >= 4 is 0 Å². The molecule has 120 valence electrons. The maximum atomic E-state index is 10.3. The van der Waals surface area contributed by atoms with Crippen LogP contribution in [0.5, 0.6) is 0 Å². The Bertz CT molecular complexity index is 646. The molecule has 23 heavy (non-hydrogen) atoms. The summed E-state index contributed by atoms with van der Waals surface area (Å²) in [7, 11) is 0. The molecule has 1 aliphatic heterocycles. The predicted octanol–water partition coefficient (Wildman–Crippen LogP) is 2.48. The second kappa shape index (κ2) is 7.42. The minimum Gasteiger partial charge on any atom is -0.467 e. The first kappa shape index (κ1) is 15.8. The van der Waals surface area contributed by atoms with Gasteiger partial charge in [-0.05, 0) is 36.2 Å². The summed E-state index contributed by atoms with van der Waals surface area (Å²) in [4.78, 5) is 2.32. The molecule has 1 aromatic heterocycles. The van der Waals surface area contributed by atoms with E-state index in [1.54, 1.807) is 18.4 Å². The van der Waals surface area contributed by atoms with Crippen LogP contribution >= 0.6 is 0 Å². The molecule has 5 heteroatoms. The first-order valence-corrected chi connectivity index (χ1v) is 7.78. The van der Waals surface area contributed by atoms with Crippen molar-refractivity contribution in [1.29, 1.82) is 5.26 Å². The number of morpholine rings is 1. The van der Waals surface area contributed by atoms with E-state index in [2.05, 4.69) is 11.0 Å². The first-order valence-electron chi connectivity index (χ1n) is 7.78. The maximum absolute atomic E-state index is 10.3. The van der Waals surface area contributed by atoms with Crippen molar-refractivity contribution in [2.24, 2.45) is 0 Å². The summed E-state index contributed by atoms with van der Waals surface area (Å²) < 4.78 is 10.9. The van der Waals surface area contributed by atoms with E-state index in [1.807, 2.05) is 24.3 Å². The van der Waals surface area contributed by atoms with E-state index in [0.717, 1.165) is 18.7 Å². The minimum atomic E-state index is -0.625. The van der Waals surface area contributed by atoms with Crippen LogP contribution in [0.25, 0.3) is 0 Å². The van der Waals surface area contributed by atoms with Gasteiger partial charge >= 0.3 is 0 Å². The molecular formula is C18H20N2O3. The SMILES string of the molecule is N#Cc1ccc(CN2CCOCC2CC(O)c2ccco2)cc1. The molecular weight excluding hydrogens is 292 g/mol. The molecule has 1 aliphatic rings. The van der Waals surface area contributed by atoms with Crippen LogP contribution in [0.15, 0.2) is 47.1 Å². The Morgan fingerprint density at radius 3 is 2.83 bits per heavy atom. The number of rotatable bonds is 5. The molecule has 0 aliphatic carbocycles. The lowest BCUT2D eigenvalue weighted by molar-refractivity contribution is -0.0323. The topological polar surface area (TPSA) is 69.6 Å². The number of aliphatic hydroxyl groups excluding tert-OH is 1. The van der Waals surface area contributed by atoms with Crippen molar-refractivity contribution in [3.8, 4) is 6.07 Å². The van der Waals surface area contributed by atoms with Crippen molar-refractivity contribution in [3.63, 3.8) is 0 Å². The van der Waals surface area contributed by atoms with Crippen molar-refractivity contribution in [3.05, 3.63) is 59.5 Å². The van der Waals surface area contributed by atoms with Crippen LogP contribution in [0.2, 0.25) is 0 Å². The van der Waals surface area contributed by atoms with Crippen molar-refractivity contribution in [2.45, 2.75) is 25.1 Å². The molecule has 5 nitrogen and oxygen atoms in total. The zero-order valence-corrected chi connectivity index (χ0v) is 12.9. The number of aliphatic hydroxyl groups is 1. The molecule has 1 saturated heterocycles. The molecule has 2 heterocycles. The summed E-state index contributed by atoms with van der Waals surface area (Å²) in [5, 5.41) is 19.2. The van der Waals surface area contributed by atoms with Gasteiger partial charge in [0.15, 0.2) is 0 Å². The molecule has 2 unspecified atom stereocenters. The lowest BCUT2D eigenvalue weighted by atomic mass is 10.0. The molecule has 3 rings (SSSR count). The maximum Gasteiger partial charge on any atom is 0.132 e. The Labute approximate surface area is 135 Å². The fraction of sp³-hybridized carbons (Fsp3) is 0.389. The lowest BCUT2D eigenvalue weighted by Gasteiger charge is -2.36. The predicted molar refractivity (Wildman–Crippen MR) is 84.5 cm³/mol. The fourth-order valence-electron chi connectivity index (χ4n) is 2.89. The summed E-state index contributed by atoms with van der Waals surface area (Å²) in [5.74, 6) is 0.592. The van der Waals surface area contributed by atoms with Gasteiger partial charge in [0.2, 0.25) is 0 Å². The van der Waals surface area contributed by atoms with Gasteiger partial charge in [-0.1, -0.05) is 12.1 Å². The fourth-order valence-corrected chi connectivity index (χ4v) is 2.89. The third-order valence-electron chi connectivity index (χ3n) is 4.19. The number of nitrogens with zero attached hydrogens (tertiary/aromatic N) is 2. The minimum absolute atomic E-state index is 0.138. The van der Waals surface area contributed by atoms with Crippen LogP contribution in [0.4, 0.5) is 0 Å². The van der Waals surface area contributed by atoms with Gasteiger partial charge in [-0.15, -0.1) is 0 Å². The number of hydrogen-bond acceptors (Lipinski definition) is 5. The Kier molecular flexibility index (Phi) is 5.09. The Morgan fingerprint density at radius 2 is 2.13 bits per heavy atom. The van der Waals surface area contributed by atoms with E-state index in [4.69, 9.17) is 14.4 Å². The molecule has 1 fully saturated rings. The average molecular weight is 312 g/mol. The van der Waals surface area contributed by atoms with Crippen LogP contribution < -0.4 is 0 Å². The highest BCUT2D eigenvalue weighted by molar-refractivity contribution is 5.31. The van der Waals surface area contributed by atoms with Crippen molar-refractivity contribution < 1.29 is 14.3 Å². The van der Waals surface area contributed by atoms with Crippen LogP contribution in [-0.4, -0.2) is 35.8 Å². The van der Waals surface area contributed by atoms with E-state index in [-0.39, 0.29) is 6.04 Å². The molecule has 0 amide bonds. The summed E-state index contributed by atoms with van der Waals surface area (Å²) in [6.45, 7) is 2.91. The second-order valence-corrected chi connectivity index (χ2v) is 5.77. The van der Waals surface area contributed by atoms with E-state index in [9.17, 15) is 5.11 Å². The van der Waals surface area contributed by atoms with Gasteiger partial charge in [0.1, 0.15) is 11.9 Å². The molecule has 2 aromatic rings. The van der Waals surface area contributed by atoms with Gasteiger partial charge in [0.05, 0.1) is 31.1 Å². The van der Waals surface area contributed by atoms with Gasteiger partial charge in [0, 0.05) is 19.1 Å². The molecule has 1 aromatic carbocycles. The Hall–Kier alpha value is -2.13. The van der Waals surface area contributed by atoms with E-state index in [0.29, 0.717) is 31.0 Å². The molecule has 0 saturated carbocycles. The van der Waals surface area contributed by atoms with Crippen LogP contribution in [0.3, 0.4) is 0 Å². The highest BCUT2D eigenvalue weighted by Crippen LogP contribution is 2.24. The van der Waals surface area contributed by atoms with Gasteiger partial charge in [-0.25, -0.2) is 0 Å². The number of benzene rings is 1. The third kappa shape index (κ3) is 3.99. The molecule has 0 spiro atoms. The van der Waals surface area contributed by atoms with Gasteiger partial charge in [-0.3, -0.25) is 4.90 Å². The first-order chi connectivity index (χ1) is 11.3. The lowest BCUT2D eigenvalue weighted by Crippen LogP contribution is -2.45. The second-order valence-electron chi connectivity index (χ2n) is 5.77. The monoisotopic (exact) mass is 312 g/mol. The summed E-state index contributed by atoms with van der Waals surface area (Å²) in [5.41, 5.74) is 1.82. The van der Waals surface area contributed by atoms with Crippen molar-refractivity contribution in [1.82, 2.24) is 4.90 Å². The highest BCUT2D eigenvalue weighted by atomic mass is 16.5. The number of hydrogen-bond donors (Lipinski definition) is 1. The van der Waals surface area contributed by atoms with Gasteiger partial charge in [-0.2, -0.15) is 5.26 Å². The third-order valence-corrected chi connectivity index (χ3v) is 4.19. The van der Waals surface area contributed by atoms with Crippen LogP contribution in [0.1, 0.15) is 29.4 Å². The quantitative estimate of drug-likeness (QED) is 0.918. The molecule has 1 N–H and O–H groups in total. The smallest absolute Gasteiger partial charge is 0.132 e. The summed E-state index contributed by atoms with van der Waals surface area (Å²) >= 11 is 0. The number of furan rings is 1. The summed E-state index contributed by atoms with van der Waals surface area (Å²) in [6, 6.07) is 13.5. The largest absolute Gasteiger partial charge is 0.467 e. The number of nitriles is 1. The van der Waals surface area contributed by atoms with Crippen LogP contribution in [0, 0.1) is 11.3 Å². The van der Waals surface area contributed by atoms with E-state index in [1.165, 1.54) is 0 Å². The highest BCUT2D eigenvalue weighted by Gasteiger charge is 2.26. The van der Waals surface area contributed by atoms with Gasteiger partial charge < -0.3 is 14.3 Å². The standard InChI is InChI=1S/C18H20N2O3/c19-11-14-3-5-15(6-4-14)12-20-7-9-22-13-16(20)10-17(21)18-2-1-8-23-18/h1-6,8,16-17,21H,7,9-10,12-13H2. The molecule has 0 bridgehead atoms. The van der Waals surface area contributed by atoms with Crippen molar-refractivity contribution in [2.75, 3.05) is 19.8 Å². The zero-order valence-electron chi connectivity index (χ0n) is 12.9. The average Bonchev–Trinajstić information content (AvgIpc) is 3.12. The van der Waals surface area contributed by atoms with E-state index < -0.39 is 6.10 Å². The van der Waals surface area contributed by atoms with E-state index >= 15 is 0 Å². The Morgan fingerprint density at radius 1 is 1.30 bits per heavy atom. The summed E-state index contributed by atoms with van der Waals surface area (Å²) in [6.07, 6.45) is 1.52. The molecule has 0 radical (unpaired) electrons. The normalized spacial score (nSPS) is 20.1. The van der Waals surface area contributed by atoms with Crippen LogP contribution in [-0.2, 0) is 11.3 Å². The van der Waals surface area contributed by atoms with Gasteiger partial charge in [0.25, 0.3) is 0 Å². The molecule has 2 atom stereocenters. The Balaban J connectivity index is 1.64.